The number of piperidine rings is 1. The van der Waals surface area contributed by atoms with Crippen molar-refractivity contribution in [1.82, 2.24) is 5.32 Å². The van der Waals surface area contributed by atoms with Crippen molar-refractivity contribution in [3.05, 3.63) is 23.0 Å². The van der Waals surface area contributed by atoms with Crippen molar-refractivity contribution in [2.24, 2.45) is 0 Å². The summed E-state index contributed by atoms with van der Waals surface area (Å²) in [5.74, 6) is -0.358. The van der Waals surface area contributed by atoms with Gasteiger partial charge in [-0.05, 0) is 37.9 Å². The molecule has 1 aromatic carbocycles. The van der Waals surface area contributed by atoms with E-state index in [4.69, 9.17) is 4.74 Å². The molecule has 1 fully saturated rings. The molecule has 2 rings (SSSR count). The fraction of sp³-hybridized carbons (Fsp3) is 0.538. The van der Waals surface area contributed by atoms with Crippen LogP contribution in [0.15, 0.2) is 6.07 Å². The monoisotopic (exact) mass is 239 g/mol. The van der Waals surface area contributed by atoms with E-state index in [1.54, 1.807) is 0 Å². The zero-order chi connectivity index (χ0) is 12.4. The lowest BCUT2D eigenvalue weighted by Gasteiger charge is -2.26. The van der Waals surface area contributed by atoms with Crippen molar-refractivity contribution in [2.75, 3.05) is 20.2 Å². The largest absolute Gasteiger partial charge is 0.504 e. The van der Waals surface area contributed by atoms with Crippen LogP contribution in [0, 0.1) is 12.7 Å². The number of benzene rings is 1. The van der Waals surface area contributed by atoms with Gasteiger partial charge in [0.1, 0.15) is 0 Å². The minimum absolute atomic E-state index is 0.0429. The molecule has 3 nitrogen and oxygen atoms in total. The fourth-order valence-electron chi connectivity index (χ4n) is 2.56. The zero-order valence-corrected chi connectivity index (χ0v) is 10.2. The zero-order valence-electron chi connectivity index (χ0n) is 10.2. The smallest absolute Gasteiger partial charge is 0.196 e. The van der Waals surface area contributed by atoms with Crippen LogP contribution in [0.25, 0.3) is 0 Å². The maximum atomic E-state index is 13.6. The lowest BCUT2D eigenvalue weighted by Crippen LogP contribution is -2.28. The molecule has 0 spiro atoms. The van der Waals surface area contributed by atoms with E-state index in [-0.39, 0.29) is 17.4 Å². The molecule has 0 bridgehead atoms. The Morgan fingerprint density at radius 1 is 1.53 bits per heavy atom. The van der Waals surface area contributed by atoms with E-state index in [1.165, 1.54) is 13.2 Å². The number of nitrogens with one attached hydrogen (secondary N) is 1. The summed E-state index contributed by atoms with van der Waals surface area (Å²) in [7, 11) is 1.37. The topological polar surface area (TPSA) is 41.5 Å². The van der Waals surface area contributed by atoms with Gasteiger partial charge in [0.15, 0.2) is 17.3 Å². The summed E-state index contributed by atoms with van der Waals surface area (Å²) >= 11 is 0. The molecule has 1 atom stereocenters. The van der Waals surface area contributed by atoms with Crippen molar-refractivity contribution in [1.29, 1.82) is 0 Å². The maximum absolute atomic E-state index is 13.6. The average molecular weight is 239 g/mol. The quantitative estimate of drug-likeness (QED) is 0.832. The molecule has 1 unspecified atom stereocenters. The Hall–Kier alpha value is -1.29. The van der Waals surface area contributed by atoms with Gasteiger partial charge in [0.05, 0.1) is 7.11 Å². The molecule has 0 amide bonds. The van der Waals surface area contributed by atoms with Gasteiger partial charge in [-0.25, -0.2) is 4.39 Å². The third kappa shape index (κ3) is 2.22. The van der Waals surface area contributed by atoms with Gasteiger partial charge in [-0.15, -0.1) is 0 Å². The Kier molecular flexibility index (Phi) is 3.52. The van der Waals surface area contributed by atoms with Gasteiger partial charge in [0.2, 0.25) is 0 Å². The van der Waals surface area contributed by atoms with E-state index in [9.17, 15) is 9.50 Å². The van der Waals surface area contributed by atoms with Crippen LogP contribution in [0.1, 0.15) is 29.9 Å². The van der Waals surface area contributed by atoms with Crippen LogP contribution in [0.2, 0.25) is 0 Å². The van der Waals surface area contributed by atoms with Crippen LogP contribution in [0.3, 0.4) is 0 Å². The highest BCUT2D eigenvalue weighted by atomic mass is 19.1. The van der Waals surface area contributed by atoms with Crippen LogP contribution in [-0.4, -0.2) is 25.3 Å². The van der Waals surface area contributed by atoms with Gasteiger partial charge in [-0.3, -0.25) is 0 Å². The van der Waals surface area contributed by atoms with Crippen LogP contribution in [0.5, 0.6) is 11.5 Å². The highest BCUT2D eigenvalue weighted by Gasteiger charge is 2.24. The first-order valence-corrected chi connectivity index (χ1v) is 5.91. The van der Waals surface area contributed by atoms with Gasteiger partial charge in [0.25, 0.3) is 0 Å². The number of hydrogen-bond acceptors (Lipinski definition) is 3. The Labute approximate surface area is 101 Å². The Morgan fingerprint density at radius 2 is 2.29 bits per heavy atom. The molecule has 94 valence electrons. The first-order chi connectivity index (χ1) is 8.15. The summed E-state index contributed by atoms with van der Waals surface area (Å²) in [4.78, 5) is 0. The predicted molar refractivity (Wildman–Crippen MR) is 64.2 cm³/mol. The minimum Gasteiger partial charge on any atom is -0.504 e. The molecule has 0 aromatic heterocycles. The first-order valence-electron chi connectivity index (χ1n) is 5.91. The summed E-state index contributed by atoms with van der Waals surface area (Å²) in [6.07, 6.45) is 2.08. The second-order valence-corrected chi connectivity index (χ2v) is 4.51. The summed E-state index contributed by atoms with van der Waals surface area (Å²) in [5.41, 5.74) is 1.60. The van der Waals surface area contributed by atoms with Crippen molar-refractivity contribution in [3.8, 4) is 11.5 Å². The number of phenols is 1. The number of hydrogen-bond donors (Lipinski definition) is 2. The van der Waals surface area contributed by atoms with Crippen LogP contribution >= 0.6 is 0 Å². The normalized spacial score (nSPS) is 20.3. The average Bonchev–Trinajstić information content (AvgIpc) is 2.30. The number of aryl methyl sites for hydroxylation is 1. The van der Waals surface area contributed by atoms with E-state index in [0.717, 1.165) is 37.1 Å². The molecular formula is C13H18FNO2. The van der Waals surface area contributed by atoms with E-state index in [0.29, 0.717) is 0 Å². The third-order valence-corrected chi connectivity index (χ3v) is 3.36. The van der Waals surface area contributed by atoms with Crippen molar-refractivity contribution in [3.63, 3.8) is 0 Å². The number of halogens is 1. The number of ether oxygens (including phenoxy) is 1. The van der Waals surface area contributed by atoms with Gasteiger partial charge in [-0.1, -0.05) is 0 Å². The highest BCUT2D eigenvalue weighted by molar-refractivity contribution is 5.52. The van der Waals surface area contributed by atoms with E-state index < -0.39 is 5.82 Å². The lowest BCUT2D eigenvalue weighted by molar-refractivity contribution is 0.342. The van der Waals surface area contributed by atoms with Crippen molar-refractivity contribution < 1.29 is 14.2 Å². The second-order valence-electron chi connectivity index (χ2n) is 4.51. The van der Waals surface area contributed by atoms with Crippen LogP contribution < -0.4 is 10.1 Å². The molecule has 0 aliphatic carbocycles. The summed E-state index contributed by atoms with van der Waals surface area (Å²) in [6.45, 7) is 3.66. The summed E-state index contributed by atoms with van der Waals surface area (Å²) < 4.78 is 18.5. The molecule has 1 saturated heterocycles. The van der Waals surface area contributed by atoms with Gasteiger partial charge < -0.3 is 15.2 Å². The molecule has 2 N–H and O–H groups in total. The number of rotatable bonds is 2. The maximum Gasteiger partial charge on any atom is 0.196 e. The second kappa shape index (κ2) is 4.92. The number of aromatic hydroxyl groups is 1. The fourth-order valence-corrected chi connectivity index (χ4v) is 2.56. The highest BCUT2D eigenvalue weighted by Crippen LogP contribution is 2.40. The summed E-state index contributed by atoms with van der Waals surface area (Å²) in [6, 6.07) is 1.43. The van der Waals surface area contributed by atoms with Crippen molar-refractivity contribution in [2.45, 2.75) is 25.7 Å². The van der Waals surface area contributed by atoms with E-state index in [2.05, 4.69) is 5.32 Å². The SMILES string of the molecule is COc1c(F)cc(C)c(C2CCCNC2)c1O. The van der Waals surface area contributed by atoms with E-state index in [1.807, 2.05) is 6.92 Å². The van der Waals surface area contributed by atoms with Crippen LogP contribution in [0.4, 0.5) is 4.39 Å². The molecule has 0 radical (unpaired) electrons. The molecule has 4 heteroatoms. The van der Waals surface area contributed by atoms with E-state index >= 15 is 0 Å². The molecule has 1 aliphatic rings. The number of methoxy groups -OCH3 is 1. The Bertz CT molecular complexity index is 414. The minimum atomic E-state index is -0.505. The molecule has 0 saturated carbocycles. The molecule has 17 heavy (non-hydrogen) atoms. The molecular weight excluding hydrogens is 221 g/mol. The Balaban J connectivity index is 2.44. The molecule has 1 aromatic rings. The standard InChI is InChI=1S/C13H18FNO2/c1-8-6-10(14)13(17-2)12(16)11(8)9-4-3-5-15-7-9/h6,9,15-16H,3-5,7H2,1-2H3. The third-order valence-electron chi connectivity index (χ3n) is 3.36. The van der Waals surface area contributed by atoms with Gasteiger partial charge in [0, 0.05) is 18.0 Å². The Morgan fingerprint density at radius 3 is 2.88 bits per heavy atom. The molecule has 1 aliphatic heterocycles. The lowest BCUT2D eigenvalue weighted by atomic mass is 9.87. The van der Waals surface area contributed by atoms with Gasteiger partial charge in [-0.2, -0.15) is 0 Å². The first kappa shape index (κ1) is 12.2. The van der Waals surface area contributed by atoms with Crippen molar-refractivity contribution >= 4 is 0 Å². The van der Waals surface area contributed by atoms with Crippen LogP contribution in [-0.2, 0) is 0 Å². The summed E-state index contributed by atoms with van der Waals surface area (Å²) in [5, 5.41) is 13.4. The molecule has 1 heterocycles. The predicted octanol–water partition coefficient (Wildman–Crippen LogP) is 2.32. The number of phenolic OH excluding ortho intramolecular Hbond substituents is 1. The van der Waals surface area contributed by atoms with Gasteiger partial charge >= 0.3 is 0 Å².